The van der Waals surface area contributed by atoms with Gasteiger partial charge in [-0.1, -0.05) is 26.7 Å². The molecule has 0 aliphatic rings. The maximum absolute atomic E-state index is 11.1. The second kappa shape index (κ2) is 8.09. The van der Waals surface area contributed by atoms with Gasteiger partial charge in [-0.15, -0.1) is 0 Å². The van der Waals surface area contributed by atoms with Crippen LogP contribution in [0.1, 0.15) is 52.9 Å². The third-order valence-electron chi connectivity index (χ3n) is 2.54. The lowest BCUT2D eigenvalue weighted by atomic mass is 9.97. The van der Waals surface area contributed by atoms with Gasteiger partial charge in [0.25, 0.3) is 0 Å². The summed E-state index contributed by atoms with van der Waals surface area (Å²) in [5, 5.41) is 2.82. The van der Waals surface area contributed by atoms with Crippen LogP contribution in [0.2, 0.25) is 0 Å². The summed E-state index contributed by atoms with van der Waals surface area (Å²) < 4.78 is 0. The molecule has 2 nitrogen and oxygen atoms in total. The maximum Gasteiger partial charge on any atom is 0.219 e. The van der Waals surface area contributed by atoms with Crippen LogP contribution in [0.5, 0.6) is 0 Å². The number of carbonyl (C=O) groups is 1. The van der Waals surface area contributed by atoms with Crippen molar-refractivity contribution in [3.8, 4) is 0 Å². The molecule has 0 heterocycles. The second-order valence-electron chi connectivity index (χ2n) is 3.53. The summed E-state index contributed by atoms with van der Waals surface area (Å²) in [7, 11) is 0. The molecule has 78 valence electrons. The summed E-state index contributed by atoms with van der Waals surface area (Å²) in [5.74, 6) is 1.02. The van der Waals surface area contributed by atoms with E-state index in [1.54, 1.807) is 0 Å². The lowest BCUT2D eigenvalue weighted by Crippen LogP contribution is -2.22. The third-order valence-corrected chi connectivity index (χ3v) is 2.54. The van der Waals surface area contributed by atoms with Crippen LogP contribution in [0.15, 0.2) is 0 Å². The molecule has 0 atom stereocenters. The van der Waals surface area contributed by atoms with Gasteiger partial charge in [0.1, 0.15) is 0 Å². The average Bonchev–Trinajstić information content (AvgIpc) is 2.13. The van der Waals surface area contributed by atoms with Crippen molar-refractivity contribution in [3.63, 3.8) is 0 Å². The Labute approximate surface area is 82.1 Å². The molecule has 0 saturated carbocycles. The Morgan fingerprint density at radius 1 is 1.23 bits per heavy atom. The third kappa shape index (κ3) is 6.62. The summed E-state index contributed by atoms with van der Waals surface area (Å²) in [4.78, 5) is 11.1. The molecule has 0 bridgehead atoms. The summed E-state index contributed by atoms with van der Waals surface area (Å²) in [6.07, 6.45) is 5.42. The summed E-state index contributed by atoms with van der Waals surface area (Å²) in [6, 6.07) is 0. The summed E-state index contributed by atoms with van der Waals surface area (Å²) in [6.45, 7) is 7.16. The minimum Gasteiger partial charge on any atom is -0.356 e. The Hall–Kier alpha value is -0.530. The highest BCUT2D eigenvalue weighted by Gasteiger charge is 2.04. The van der Waals surface area contributed by atoms with E-state index in [-0.39, 0.29) is 5.91 Å². The first kappa shape index (κ1) is 12.5. The van der Waals surface area contributed by atoms with E-state index >= 15 is 0 Å². The Balaban J connectivity index is 3.37. The Kier molecular flexibility index (Phi) is 7.76. The van der Waals surface area contributed by atoms with E-state index in [0.717, 1.165) is 18.9 Å². The van der Waals surface area contributed by atoms with Crippen LogP contribution >= 0.6 is 0 Å². The van der Waals surface area contributed by atoms with Gasteiger partial charge < -0.3 is 5.32 Å². The van der Waals surface area contributed by atoms with Crippen LogP contribution in [-0.2, 0) is 4.79 Å². The quantitative estimate of drug-likeness (QED) is 0.649. The zero-order chi connectivity index (χ0) is 10.1. The van der Waals surface area contributed by atoms with Gasteiger partial charge in [0.2, 0.25) is 5.91 Å². The van der Waals surface area contributed by atoms with E-state index in [1.807, 2.05) is 6.92 Å². The van der Waals surface area contributed by atoms with Crippen molar-refractivity contribution in [2.45, 2.75) is 52.9 Å². The van der Waals surface area contributed by atoms with Crippen molar-refractivity contribution in [1.82, 2.24) is 5.32 Å². The van der Waals surface area contributed by atoms with Crippen LogP contribution < -0.4 is 5.32 Å². The lowest BCUT2D eigenvalue weighted by Gasteiger charge is -2.10. The van der Waals surface area contributed by atoms with E-state index in [2.05, 4.69) is 19.2 Å². The molecule has 0 saturated heterocycles. The molecule has 1 amide bonds. The van der Waals surface area contributed by atoms with Crippen molar-refractivity contribution >= 4 is 5.91 Å². The first-order chi connectivity index (χ1) is 6.24. The van der Waals surface area contributed by atoms with Crippen LogP contribution in [0.4, 0.5) is 0 Å². The van der Waals surface area contributed by atoms with E-state index < -0.39 is 0 Å². The molecule has 0 spiro atoms. The second-order valence-corrected chi connectivity index (χ2v) is 3.53. The highest BCUT2D eigenvalue weighted by molar-refractivity contribution is 5.75. The van der Waals surface area contributed by atoms with E-state index in [0.29, 0.717) is 6.42 Å². The lowest BCUT2D eigenvalue weighted by molar-refractivity contribution is -0.121. The fraction of sp³-hybridized carbons (Fsp3) is 0.909. The molecule has 0 aliphatic heterocycles. The highest BCUT2D eigenvalue weighted by Crippen LogP contribution is 2.15. The van der Waals surface area contributed by atoms with Crippen molar-refractivity contribution in [2.75, 3.05) is 6.54 Å². The standard InChI is InChI=1S/C11H23NO/c1-4-10(5-2)8-7-9-11(13)12-6-3/h10H,4-9H2,1-3H3,(H,12,13). The van der Waals surface area contributed by atoms with Crippen molar-refractivity contribution in [2.24, 2.45) is 5.92 Å². The first-order valence-corrected chi connectivity index (χ1v) is 5.51. The van der Waals surface area contributed by atoms with Crippen LogP contribution in [0, 0.1) is 5.92 Å². The molecule has 0 aromatic heterocycles. The number of nitrogens with one attached hydrogen (secondary N) is 1. The molecule has 1 N–H and O–H groups in total. The first-order valence-electron chi connectivity index (χ1n) is 5.51. The fourth-order valence-electron chi connectivity index (χ4n) is 1.53. The fourth-order valence-corrected chi connectivity index (χ4v) is 1.53. The summed E-state index contributed by atoms with van der Waals surface area (Å²) in [5.41, 5.74) is 0. The SMILES string of the molecule is CCNC(=O)CCCC(CC)CC. The molecule has 0 fully saturated rings. The summed E-state index contributed by atoms with van der Waals surface area (Å²) >= 11 is 0. The molecule has 0 aromatic rings. The van der Waals surface area contributed by atoms with Crippen LogP contribution in [-0.4, -0.2) is 12.5 Å². The van der Waals surface area contributed by atoms with Crippen molar-refractivity contribution < 1.29 is 4.79 Å². The normalized spacial score (nSPS) is 10.5. The Morgan fingerprint density at radius 3 is 2.31 bits per heavy atom. The topological polar surface area (TPSA) is 29.1 Å². The zero-order valence-corrected chi connectivity index (χ0v) is 9.23. The minimum atomic E-state index is 0.202. The molecule has 2 heteroatoms. The predicted molar refractivity (Wildman–Crippen MR) is 56.6 cm³/mol. The molecular formula is C11H23NO. The number of hydrogen-bond acceptors (Lipinski definition) is 1. The van der Waals surface area contributed by atoms with Gasteiger partial charge >= 0.3 is 0 Å². The van der Waals surface area contributed by atoms with Gasteiger partial charge in [-0.25, -0.2) is 0 Å². The average molecular weight is 185 g/mol. The van der Waals surface area contributed by atoms with E-state index in [1.165, 1.54) is 19.3 Å². The van der Waals surface area contributed by atoms with Gasteiger partial charge in [-0.3, -0.25) is 4.79 Å². The van der Waals surface area contributed by atoms with Gasteiger partial charge in [-0.2, -0.15) is 0 Å². The molecule has 0 aromatic carbocycles. The molecule has 13 heavy (non-hydrogen) atoms. The maximum atomic E-state index is 11.1. The largest absolute Gasteiger partial charge is 0.356 e. The van der Waals surface area contributed by atoms with Crippen molar-refractivity contribution in [1.29, 1.82) is 0 Å². The Morgan fingerprint density at radius 2 is 1.85 bits per heavy atom. The molecule has 0 aliphatic carbocycles. The molecule has 0 radical (unpaired) electrons. The smallest absolute Gasteiger partial charge is 0.219 e. The zero-order valence-electron chi connectivity index (χ0n) is 9.23. The number of hydrogen-bond donors (Lipinski definition) is 1. The number of carbonyl (C=O) groups excluding carboxylic acids is 1. The number of rotatable bonds is 7. The van der Waals surface area contributed by atoms with Gasteiger partial charge in [-0.05, 0) is 25.7 Å². The minimum absolute atomic E-state index is 0.202. The monoisotopic (exact) mass is 185 g/mol. The van der Waals surface area contributed by atoms with Gasteiger partial charge in [0, 0.05) is 13.0 Å². The predicted octanol–water partition coefficient (Wildman–Crippen LogP) is 2.73. The molecular weight excluding hydrogens is 162 g/mol. The van der Waals surface area contributed by atoms with Gasteiger partial charge in [0.15, 0.2) is 0 Å². The number of amides is 1. The Bertz CT molecular complexity index is 130. The van der Waals surface area contributed by atoms with E-state index in [9.17, 15) is 4.79 Å². The molecule has 0 unspecified atom stereocenters. The van der Waals surface area contributed by atoms with Gasteiger partial charge in [0.05, 0.1) is 0 Å². The highest BCUT2D eigenvalue weighted by atomic mass is 16.1. The molecule has 0 rings (SSSR count). The van der Waals surface area contributed by atoms with Crippen molar-refractivity contribution in [3.05, 3.63) is 0 Å². The van der Waals surface area contributed by atoms with E-state index in [4.69, 9.17) is 0 Å². The van der Waals surface area contributed by atoms with Crippen LogP contribution in [0.3, 0.4) is 0 Å². The van der Waals surface area contributed by atoms with Crippen LogP contribution in [0.25, 0.3) is 0 Å².